The van der Waals surface area contributed by atoms with Gasteiger partial charge in [0.2, 0.25) is 0 Å². The van der Waals surface area contributed by atoms with Gasteiger partial charge in [-0.1, -0.05) is 62.3 Å². The van der Waals surface area contributed by atoms with Crippen LogP contribution in [0, 0.1) is 24.7 Å². The fourth-order valence-corrected chi connectivity index (χ4v) is 16.0. The van der Waals surface area contributed by atoms with Gasteiger partial charge in [-0.15, -0.1) is 11.3 Å². The van der Waals surface area contributed by atoms with Gasteiger partial charge in [-0.2, -0.15) is 9.03 Å². The number of carbonyl (C=O) groups excluding carboxylic acids is 5. The van der Waals surface area contributed by atoms with Crippen molar-refractivity contribution in [1.29, 1.82) is 0 Å². The molecule has 5 rings (SSSR count). The predicted molar refractivity (Wildman–Crippen MR) is 300 cm³/mol. The maximum absolute atomic E-state index is 14.6. The van der Waals surface area contributed by atoms with Crippen LogP contribution in [-0.4, -0.2) is 137 Å². The second-order valence-electron chi connectivity index (χ2n) is 22.0. The highest BCUT2D eigenvalue weighted by Gasteiger charge is 2.49. The third kappa shape index (κ3) is 14.4. The Kier molecular flexibility index (Phi) is 20.7. The lowest BCUT2D eigenvalue weighted by Crippen LogP contribution is -2.57. The van der Waals surface area contributed by atoms with Crippen LogP contribution in [0.1, 0.15) is 160 Å². The summed E-state index contributed by atoms with van der Waals surface area (Å²) in [6, 6.07) is 5.77. The Bertz CT molecular complexity index is 2940. The molecule has 0 aliphatic carbocycles. The average molecular weight is 1130 g/mol. The fraction of sp³-hybridized carbons (Fsp3) is 0.618. The second-order valence-corrected chi connectivity index (χ2v) is 27.1. The molecule has 2 aromatic heterocycles. The number of benzene rings is 1. The van der Waals surface area contributed by atoms with E-state index in [0.717, 1.165) is 19.6 Å². The summed E-state index contributed by atoms with van der Waals surface area (Å²) in [4.78, 5) is 74.8. The number of aryl methyl sites for hydroxylation is 1. The highest BCUT2D eigenvalue weighted by Crippen LogP contribution is 2.44. The van der Waals surface area contributed by atoms with E-state index in [-0.39, 0.29) is 70.5 Å². The van der Waals surface area contributed by atoms with Crippen LogP contribution in [0.2, 0.25) is 0 Å². The minimum absolute atomic E-state index is 0.00717. The summed E-state index contributed by atoms with van der Waals surface area (Å²) in [7, 11) is -6.97. The molecule has 0 radical (unpaired) electrons. The predicted octanol–water partition coefficient (Wildman–Crippen LogP) is 7.55. The molecule has 0 bridgehead atoms. The van der Waals surface area contributed by atoms with Gasteiger partial charge in [0.25, 0.3) is 31.9 Å². The first-order valence-electron chi connectivity index (χ1n) is 26.6. The summed E-state index contributed by atoms with van der Waals surface area (Å²) >= 11 is 0.636. The fourth-order valence-electron chi connectivity index (χ4n) is 10.7. The number of thiophene rings is 1. The van der Waals surface area contributed by atoms with Crippen LogP contribution in [0.15, 0.2) is 32.7 Å². The van der Waals surface area contributed by atoms with Crippen LogP contribution in [0.5, 0.6) is 5.75 Å². The summed E-state index contributed by atoms with van der Waals surface area (Å²) < 4.78 is 76.9. The molecular weight excluding hydrogens is 1050 g/mol. The number of likely N-dealkylation sites (N-methyl/N-ethyl adjacent to an activating group) is 2. The van der Waals surface area contributed by atoms with E-state index < -0.39 is 65.9 Å². The SMILES string of the molecule is CCN[C@H]1CN(CCCOC)S(=O)(=O)c2sc(S(=O)(=O)NC(C)(CC)C(=O)[C@H](C)OC(C)(CC)C(=O)C(C)(C)CC(C)(C)CC(=O)Oc3ccc4c(c3)/C(=C\c3[nH]c(C)c(C(=O)NCCN(CC)CC)c3C)C(=O)N4)cc21. The molecule has 4 heterocycles. The van der Waals surface area contributed by atoms with Crippen LogP contribution in [0.4, 0.5) is 5.69 Å². The number of nitrogens with zero attached hydrogens (tertiary/aromatic N) is 2. The van der Waals surface area contributed by atoms with Crippen molar-refractivity contribution >= 4 is 78.1 Å². The largest absolute Gasteiger partial charge is 0.426 e. The zero-order valence-corrected chi connectivity index (χ0v) is 50.2. The summed E-state index contributed by atoms with van der Waals surface area (Å²) in [6.07, 6.45) is 1.17. The minimum Gasteiger partial charge on any atom is -0.426 e. The van der Waals surface area contributed by atoms with Gasteiger partial charge in [0.1, 0.15) is 25.9 Å². The number of H-pyrrole nitrogens is 1. The van der Waals surface area contributed by atoms with Crippen molar-refractivity contribution in [3.05, 3.63) is 57.9 Å². The van der Waals surface area contributed by atoms with Gasteiger partial charge >= 0.3 is 5.97 Å². The Morgan fingerprint density at radius 1 is 1.00 bits per heavy atom. The molecule has 2 amide bonds. The highest BCUT2D eigenvalue weighted by atomic mass is 32.3. The van der Waals surface area contributed by atoms with Gasteiger partial charge in [-0.3, -0.25) is 24.0 Å². The molecular formula is C55H83N7O12S3. The van der Waals surface area contributed by atoms with Crippen molar-refractivity contribution in [2.24, 2.45) is 10.8 Å². The van der Waals surface area contributed by atoms with E-state index in [2.05, 4.69) is 44.4 Å². The number of hydrogen-bond acceptors (Lipinski definition) is 15. The number of nitrogens with one attached hydrogen (secondary N) is 5. The molecule has 0 saturated carbocycles. The maximum atomic E-state index is 14.6. The van der Waals surface area contributed by atoms with Crippen LogP contribution in [0.25, 0.3) is 11.6 Å². The third-order valence-electron chi connectivity index (χ3n) is 14.8. The first kappa shape index (κ1) is 63.2. The normalized spacial score (nSPS) is 18.3. The number of ether oxygens (including phenoxy) is 3. The van der Waals surface area contributed by atoms with Crippen LogP contribution < -0.4 is 25.4 Å². The molecule has 1 aromatic carbocycles. The average Bonchev–Trinajstić information content (AvgIpc) is 4.04. The number of ketones is 2. The van der Waals surface area contributed by atoms with E-state index in [4.69, 9.17) is 14.2 Å². The van der Waals surface area contributed by atoms with E-state index in [1.165, 1.54) is 31.3 Å². The number of hydrogen-bond donors (Lipinski definition) is 5. The number of amides is 2. The molecule has 22 heteroatoms. The molecule has 2 aliphatic heterocycles. The first-order chi connectivity index (χ1) is 35.9. The Morgan fingerprint density at radius 3 is 2.29 bits per heavy atom. The quantitative estimate of drug-likeness (QED) is 0.0195. The van der Waals surface area contributed by atoms with E-state index in [1.807, 2.05) is 34.6 Å². The van der Waals surface area contributed by atoms with Crippen LogP contribution >= 0.6 is 11.3 Å². The van der Waals surface area contributed by atoms with Gasteiger partial charge in [-0.05, 0) is 121 Å². The lowest BCUT2D eigenvalue weighted by Gasteiger charge is -2.41. The number of methoxy groups -OCH3 is 1. The standard InChI is InChI=1S/C55H83N7O12S3/c1-16-54(13,60-76(68,69)45-30-40-43(56-18-3)32-62(25-21-27-72-15)77(70,71)50(40)75-45)47(64)36(8)74-55(14,17-2)51(67)53(11,12)33-52(9,10)31-44(63)73-37-22-23-41-38(28-37)39(48(65)59-41)29-42-34(6)46(35(7)58-42)49(66)57-24-26-61(19-4)20-5/h22-23,28-30,36,43,56,58,60H,16-21,24-27,31-33H2,1-15H3,(H,57,66)(H,59,65)/b39-29+/t36-,43-,54?,55?/m0/s1. The number of sulfonamides is 2. The topological polar surface area (TPSA) is 252 Å². The lowest BCUT2D eigenvalue weighted by molar-refractivity contribution is -0.167. The molecule has 0 spiro atoms. The van der Waals surface area contributed by atoms with Crippen LogP contribution in [-0.2, 0) is 48.7 Å². The van der Waals surface area contributed by atoms with Crippen molar-refractivity contribution in [1.82, 2.24) is 29.5 Å². The molecule has 2 aliphatic rings. The molecule has 428 valence electrons. The van der Waals surface area contributed by atoms with E-state index in [1.54, 1.807) is 58.9 Å². The Hall–Kier alpha value is -4.65. The summed E-state index contributed by atoms with van der Waals surface area (Å²) in [6.45, 7) is 29.0. The summed E-state index contributed by atoms with van der Waals surface area (Å²) in [5, 5.41) is 9.14. The molecule has 5 N–H and O–H groups in total. The van der Waals surface area contributed by atoms with Crippen molar-refractivity contribution in [2.45, 2.75) is 161 Å². The minimum atomic E-state index is -4.47. The number of carbonyl (C=O) groups is 5. The van der Waals surface area contributed by atoms with Gasteiger partial charge < -0.3 is 40.0 Å². The number of aromatic nitrogens is 1. The molecule has 2 unspecified atom stereocenters. The summed E-state index contributed by atoms with van der Waals surface area (Å²) in [5.74, 6) is -1.86. The number of esters is 1. The zero-order chi connectivity index (χ0) is 57.6. The van der Waals surface area contributed by atoms with Crippen molar-refractivity contribution in [2.75, 3.05) is 64.8 Å². The lowest BCUT2D eigenvalue weighted by atomic mass is 9.68. The van der Waals surface area contributed by atoms with Crippen LogP contribution in [0.3, 0.4) is 0 Å². The van der Waals surface area contributed by atoms with Crippen molar-refractivity contribution in [3.63, 3.8) is 0 Å². The van der Waals surface area contributed by atoms with E-state index in [9.17, 15) is 40.8 Å². The maximum Gasteiger partial charge on any atom is 0.311 e. The number of anilines is 1. The van der Waals surface area contributed by atoms with Gasteiger partial charge in [0.05, 0.1) is 23.1 Å². The first-order valence-corrected chi connectivity index (χ1v) is 30.4. The number of aromatic amines is 1. The molecule has 4 atom stereocenters. The van der Waals surface area contributed by atoms with Gasteiger partial charge in [0, 0.05) is 79.6 Å². The van der Waals surface area contributed by atoms with E-state index in [0.29, 0.717) is 82.4 Å². The number of rotatable bonds is 29. The monoisotopic (exact) mass is 1130 g/mol. The Balaban J connectivity index is 1.25. The molecule has 77 heavy (non-hydrogen) atoms. The molecule has 3 aromatic rings. The zero-order valence-electron chi connectivity index (χ0n) is 47.8. The Labute approximate surface area is 460 Å². The van der Waals surface area contributed by atoms with Gasteiger partial charge in [-0.25, -0.2) is 16.8 Å². The number of fused-ring (bicyclic) bond motifs is 2. The second kappa shape index (κ2) is 25.2. The van der Waals surface area contributed by atoms with Crippen molar-refractivity contribution in [3.8, 4) is 5.75 Å². The highest BCUT2D eigenvalue weighted by molar-refractivity contribution is 7.94. The number of Topliss-reactive ketones (excluding diaryl/α,β-unsaturated/α-hetero) is 2. The summed E-state index contributed by atoms with van der Waals surface area (Å²) in [5.41, 5.74) is -0.950. The third-order valence-corrected chi connectivity index (χ3v) is 20.5. The molecule has 19 nitrogen and oxygen atoms in total. The van der Waals surface area contributed by atoms with E-state index >= 15 is 0 Å². The van der Waals surface area contributed by atoms with Crippen molar-refractivity contribution < 1.29 is 55.0 Å². The Morgan fingerprint density at radius 2 is 1.68 bits per heavy atom. The molecule has 0 fully saturated rings. The molecule has 0 saturated heterocycles. The smallest absolute Gasteiger partial charge is 0.311 e. The van der Waals surface area contributed by atoms with Gasteiger partial charge in [0.15, 0.2) is 11.6 Å².